The zero-order chi connectivity index (χ0) is 22.0. The van der Waals surface area contributed by atoms with Gasteiger partial charge in [-0.3, -0.25) is 4.79 Å². The minimum atomic E-state index is -0.160. The summed E-state index contributed by atoms with van der Waals surface area (Å²) < 4.78 is 0. The van der Waals surface area contributed by atoms with Crippen LogP contribution in [0.1, 0.15) is 22.3 Å². The van der Waals surface area contributed by atoms with E-state index in [2.05, 4.69) is 27.7 Å². The zero-order valence-corrected chi connectivity index (χ0v) is 18.3. The Balaban J connectivity index is 1.79. The number of nitrogens with one attached hydrogen (secondary N) is 2. The monoisotopic (exact) mass is 432 g/mol. The lowest BCUT2D eigenvalue weighted by Gasteiger charge is -2.16. The molecule has 1 aliphatic heterocycles. The molecule has 3 aromatic carbocycles. The summed E-state index contributed by atoms with van der Waals surface area (Å²) in [6.07, 6.45) is 0. The predicted molar refractivity (Wildman–Crippen MR) is 129 cm³/mol. The number of amides is 1. The maximum absolute atomic E-state index is 13.0. The Labute approximate surface area is 187 Å². The molecule has 31 heavy (non-hydrogen) atoms. The van der Waals surface area contributed by atoms with Crippen molar-refractivity contribution in [1.82, 2.24) is 4.90 Å². The average Bonchev–Trinajstić information content (AvgIpc) is 3.07. The highest BCUT2D eigenvalue weighted by Gasteiger charge is 2.28. The first-order valence-corrected chi connectivity index (χ1v) is 10.5. The Morgan fingerprint density at radius 1 is 1.00 bits per heavy atom. The summed E-state index contributed by atoms with van der Waals surface area (Å²) in [5, 5.41) is 6.99. The number of rotatable bonds is 6. The molecule has 0 radical (unpaired) electrons. The lowest BCUT2D eigenvalue weighted by molar-refractivity contribution is -0.110. The molecule has 4 rings (SSSR count). The van der Waals surface area contributed by atoms with Gasteiger partial charge in [-0.25, -0.2) is 0 Å². The van der Waals surface area contributed by atoms with E-state index in [9.17, 15) is 4.79 Å². The molecule has 0 spiro atoms. The summed E-state index contributed by atoms with van der Waals surface area (Å²) in [5.41, 5.74) is 12.7. The Kier molecular flexibility index (Phi) is 6.09. The molecular formula is C25H25ClN4O. The SMILES string of the molecule is CN(C)Cc1ccc(N/C(=C2\C(=O)Nc3cc(Cl)ccc32)c2ccc(CN)cc2)cc1. The number of nitrogens with two attached hydrogens (primary N) is 1. The smallest absolute Gasteiger partial charge is 0.258 e. The van der Waals surface area contributed by atoms with Crippen LogP contribution < -0.4 is 16.4 Å². The molecule has 0 unspecified atom stereocenters. The first-order chi connectivity index (χ1) is 14.9. The standard InChI is InChI=1S/C25H25ClN4O/c1-30(2)15-17-5-10-20(11-6-17)28-24(18-7-3-16(14-27)4-8-18)23-21-12-9-19(26)13-22(21)29-25(23)31/h3-13,28H,14-15,27H2,1-2H3,(H,29,31)/b24-23-. The van der Waals surface area contributed by atoms with Crippen molar-refractivity contribution in [2.75, 3.05) is 24.7 Å². The van der Waals surface area contributed by atoms with Crippen LogP contribution in [0.2, 0.25) is 5.02 Å². The van der Waals surface area contributed by atoms with E-state index < -0.39 is 0 Å². The summed E-state index contributed by atoms with van der Waals surface area (Å²) in [5.74, 6) is -0.160. The van der Waals surface area contributed by atoms with Gasteiger partial charge in [0, 0.05) is 29.4 Å². The topological polar surface area (TPSA) is 70.4 Å². The van der Waals surface area contributed by atoms with Gasteiger partial charge < -0.3 is 21.3 Å². The largest absolute Gasteiger partial charge is 0.354 e. The molecule has 1 heterocycles. The highest BCUT2D eigenvalue weighted by molar-refractivity contribution is 6.38. The molecule has 1 amide bonds. The van der Waals surface area contributed by atoms with Crippen LogP contribution in [0.3, 0.4) is 0 Å². The van der Waals surface area contributed by atoms with Crippen LogP contribution in [-0.4, -0.2) is 24.9 Å². The number of anilines is 2. The zero-order valence-electron chi connectivity index (χ0n) is 17.6. The molecule has 0 saturated heterocycles. The Bertz CT molecular complexity index is 1140. The van der Waals surface area contributed by atoms with E-state index in [1.54, 1.807) is 12.1 Å². The van der Waals surface area contributed by atoms with Gasteiger partial charge in [0.05, 0.1) is 17.0 Å². The van der Waals surface area contributed by atoms with Crippen molar-refractivity contribution in [3.05, 3.63) is 94.0 Å². The molecule has 158 valence electrons. The van der Waals surface area contributed by atoms with Crippen LogP contribution in [-0.2, 0) is 17.9 Å². The second kappa shape index (κ2) is 8.94. The van der Waals surface area contributed by atoms with Crippen LogP contribution in [0.15, 0.2) is 66.7 Å². The molecule has 0 fully saturated rings. The average molecular weight is 433 g/mol. The van der Waals surface area contributed by atoms with Crippen molar-refractivity contribution in [2.24, 2.45) is 5.73 Å². The molecular weight excluding hydrogens is 408 g/mol. The first kappa shape index (κ1) is 21.1. The van der Waals surface area contributed by atoms with Crippen LogP contribution in [0.25, 0.3) is 11.3 Å². The molecule has 6 heteroatoms. The van der Waals surface area contributed by atoms with Crippen molar-refractivity contribution < 1.29 is 4.79 Å². The fourth-order valence-corrected chi connectivity index (χ4v) is 3.85. The van der Waals surface area contributed by atoms with E-state index in [-0.39, 0.29) is 5.91 Å². The minimum absolute atomic E-state index is 0.160. The van der Waals surface area contributed by atoms with Gasteiger partial charge in [0.1, 0.15) is 0 Å². The maximum Gasteiger partial charge on any atom is 0.258 e. The van der Waals surface area contributed by atoms with Gasteiger partial charge in [-0.1, -0.05) is 54.1 Å². The number of hydrogen-bond donors (Lipinski definition) is 3. The number of hydrogen-bond acceptors (Lipinski definition) is 4. The summed E-state index contributed by atoms with van der Waals surface area (Å²) in [6, 6.07) is 21.6. The predicted octanol–water partition coefficient (Wildman–Crippen LogP) is 4.79. The van der Waals surface area contributed by atoms with Crippen LogP contribution in [0.4, 0.5) is 11.4 Å². The van der Waals surface area contributed by atoms with E-state index >= 15 is 0 Å². The third-order valence-corrected chi connectivity index (χ3v) is 5.41. The number of carbonyl (C=O) groups excluding carboxylic acids is 1. The third kappa shape index (κ3) is 4.64. The van der Waals surface area contributed by atoms with E-state index in [4.69, 9.17) is 17.3 Å². The van der Waals surface area contributed by atoms with Gasteiger partial charge in [0.15, 0.2) is 0 Å². The van der Waals surface area contributed by atoms with Crippen LogP contribution in [0, 0.1) is 0 Å². The summed E-state index contributed by atoms with van der Waals surface area (Å²) >= 11 is 6.13. The van der Waals surface area contributed by atoms with Gasteiger partial charge in [0.2, 0.25) is 0 Å². The molecule has 4 N–H and O–H groups in total. The van der Waals surface area contributed by atoms with Gasteiger partial charge in [-0.2, -0.15) is 0 Å². The molecule has 0 saturated carbocycles. The molecule has 3 aromatic rings. The van der Waals surface area contributed by atoms with Crippen LogP contribution in [0.5, 0.6) is 0 Å². The van der Waals surface area contributed by atoms with Gasteiger partial charge in [-0.05, 0) is 55.1 Å². The molecule has 5 nitrogen and oxygen atoms in total. The van der Waals surface area contributed by atoms with Crippen molar-refractivity contribution >= 4 is 40.2 Å². The minimum Gasteiger partial charge on any atom is -0.354 e. The van der Waals surface area contributed by atoms with E-state index in [1.165, 1.54) is 5.56 Å². The first-order valence-electron chi connectivity index (χ1n) is 10.1. The van der Waals surface area contributed by atoms with Gasteiger partial charge in [-0.15, -0.1) is 0 Å². The van der Waals surface area contributed by atoms with Crippen LogP contribution >= 0.6 is 11.6 Å². The van der Waals surface area contributed by atoms with E-state index in [0.717, 1.165) is 34.6 Å². The van der Waals surface area contributed by atoms with Gasteiger partial charge >= 0.3 is 0 Å². The maximum atomic E-state index is 13.0. The van der Waals surface area contributed by atoms with Crippen molar-refractivity contribution in [3.63, 3.8) is 0 Å². The van der Waals surface area contributed by atoms with Gasteiger partial charge in [0.25, 0.3) is 5.91 Å². The Morgan fingerprint density at radius 3 is 2.32 bits per heavy atom. The summed E-state index contributed by atoms with van der Waals surface area (Å²) in [6.45, 7) is 1.33. The number of fused-ring (bicyclic) bond motifs is 1. The molecule has 0 aromatic heterocycles. The third-order valence-electron chi connectivity index (χ3n) is 5.18. The second-order valence-corrected chi connectivity index (χ2v) is 8.29. The fraction of sp³-hybridized carbons (Fsp3) is 0.160. The number of carbonyl (C=O) groups is 1. The molecule has 0 aliphatic carbocycles. The van der Waals surface area contributed by atoms with E-state index in [0.29, 0.717) is 22.8 Å². The Hall–Kier alpha value is -3.12. The molecule has 0 bridgehead atoms. The highest BCUT2D eigenvalue weighted by Crippen LogP contribution is 2.38. The van der Waals surface area contributed by atoms with E-state index in [1.807, 2.05) is 56.6 Å². The lowest BCUT2D eigenvalue weighted by atomic mass is 9.99. The van der Waals surface area contributed by atoms with Crippen molar-refractivity contribution in [3.8, 4) is 0 Å². The summed E-state index contributed by atoms with van der Waals surface area (Å²) in [4.78, 5) is 15.1. The summed E-state index contributed by atoms with van der Waals surface area (Å²) in [7, 11) is 4.09. The molecule has 1 aliphatic rings. The number of benzene rings is 3. The van der Waals surface area contributed by atoms with Crippen molar-refractivity contribution in [2.45, 2.75) is 13.1 Å². The van der Waals surface area contributed by atoms with Crippen molar-refractivity contribution in [1.29, 1.82) is 0 Å². The normalized spacial score (nSPS) is 14.4. The second-order valence-electron chi connectivity index (χ2n) is 7.85. The molecule has 0 atom stereocenters. The highest BCUT2D eigenvalue weighted by atomic mass is 35.5. The fourth-order valence-electron chi connectivity index (χ4n) is 3.68. The quantitative estimate of drug-likeness (QED) is 0.489. The number of nitrogens with zero attached hydrogens (tertiary/aromatic N) is 1. The lowest BCUT2D eigenvalue weighted by Crippen LogP contribution is -2.11. The Morgan fingerprint density at radius 2 is 1.68 bits per heavy atom. The number of halogens is 1.